The van der Waals surface area contributed by atoms with E-state index in [1.165, 1.54) is 12.8 Å². The Bertz CT molecular complexity index is 542. The van der Waals surface area contributed by atoms with Gasteiger partial charge in [-0.05, 0) is 38.0 Å². The van der Waals surface area contributed by atoms with E-state index in [4.69, 9.17) is 10.5 Å². The Hall–Kier alpha value is -1.56. The molecule has 0 unspecified atom stereocenters. The molecule has 2 aliphatic rings. The Kier molecular flexibility index (Phi) is 4.14. The number of ether oxygens (including phenoxy) is 1. The number of amides is 1. The molecule has 1 aliphatic heterocycles. The fraction of sp³-hybridized carbons (Fsp3) is 0.533. The molecule has 1 aliphatic carbocycles. The van der Waals surface area contributed by atoms with Crippen LogP contribution in [0.2, 0.25) is 0 Å². The quantitative estimate of drug-likeness (QED) is 0.749. The molecule has 1 aromatic rings. The van der Waals surface area contributed by atoms with Gasteiger partial charge in [-0.1, -0.05) is 0 Å². The van der Waals surface area contributed by atoms with Crippen LogP contribution in [-0.4, -0.2) is 30.1 Å². The molecule has 5 nitrogen and oxygen atoms in total. The molecular formula is C15H21N3O2S. The van der Waals surface area contributed by atoms with E-state index in [1.807, 2.05) is 17.8 Å². The average molecular weight is 307 g/mol. The molecule has 1 saturated carbocycles. The summed E-state index contributed by atoms with van der Waals surface area (Å²) in [6.45, 7) is 0.0535. The number of benzene rings is 1. The summed E-state index contributed by atoms with van der Waals surface area (Å²) < 4.78 is 5.37. The van der Waals surface area contributed by atoms with Gasteiger partial charge in [-0.3, -0.25) is 4.79 Å². The van der Waals surface area contributed by atoms with Gasteiger partial charge in [-0.15, -0.1) is 0 Å². The van der Waals surface area contributed by atoms with E-state index in [2.05, 4.69) is 16.9 Å². The van der Waals surface area contributed by atoms with Gasteiger partial charge in [0.2, 0.25) is 0 Å². The Balaban J connectivity index is 1.71. The minimum atomic E-state index is -0.126. The second kappa shape index (κ2) is 6.05. The van der Waals surface area contributed by atoms with Gasteiger partial charge in [0.25, 0.3) is 5.91 Å². The highest BCUT2D eigenvalue weighted by Crippen LogP contribution is 2.37. The molecule has 0 bridgehead atoms. The Morgan fingerprint density at radius 3 is 2.81 bits per heavy atom. The molecule has 1 aromatic carbocycles. The smallest absolute Gasteiger partial charge is 0.262 e. The highest BCUT2D eigenvalue weighted by Gasteiger charge is 2.22. The number of nitrogens with two attached hydrogens (primary N) is 1. The maximum atomic E-state index is 11.4. The van der Waals surface area contributed by atoms with Crippen LogP contribution < -0.4 is 21.1 Å². The Labute approximate surface area is 129 Å². The Morgan fingerprint density at radius 1 is 1.33 bits per heavy atom. The fourth-order valence-electron chi connectivity index (χ4n) is 2.93. The largest absolute Gasteiger partial charge is 0.482 e. The second-order valence-electron chi connectivity index (χ2n) is 5.63. The van der Waals surface area contributed by atoms with E-state index in [-0.39, 0.29) is 12.5 Å². The molecule has 21 heavy (non-hydrogen) atoms. The molecule has 0 aromatic heterocycles. The summed E-state index contributed by atoms with van der Waals surface area (Å²) >= 11 is 1.96. The summed E-state index contributed by atoms with van der Waals surface area (Å²) in [5.74, 6) is 0.516. The summed E-state index contributed by atoms with van der Waals surface area (Å²) in [7, 11) is 0. The van der Waals surface area contributed by atoms with Gasteiger partial charge < -0.3 is 21.1 Å². The van der Waals surface area contributed by atoms with Crippen molar-refractivity contribution in [3.63, 3.8) is 0 Å². The van der Waals surface area contributed by atoms with Crippen LogP contribution in [0.3, 0.4) is 0 Å². The number of hydrogen-bond acceptors (Lipinski definition) is 5. The lowest BCUT2D eigenvalue weighted by atomic mass is 9.94. The molecule has 4 N–H and O–H groups in total. The summed E-state index contributed by atoms with van der Waals surface area (Å²) in [6.07, 6.45) is 6.98. The molecule has 1 fully saturated rings. The molecule has 0 atom stereocenters. The van der Waals surface area contributed by atoms with Crippen molar-refractivity contribution in [2.24, 2.45) is 0 Å². The minimum absolute atomic E-state index is 0.0535. The van der Waals surface area contributed by atoms with E-state index in [0.717, 1.165) is 23.8 Å². The topological polar surface area (TPSA) is 76.4 Å². The average Bonchev–Trinajstić information content (AvgIpc) is 2.49. The van der Waals surface area contributed by atoms with Crippen molar-refractivity contribution in [2.45, 2.75) is 37.0 Å². The van der Waals surface area contributed by atoms with Gasteiger partial charge in [0, 0.05) is 17.4 Å². The van der Waals surface area contributed by atoms with Crippen molar-refractivity contribution in [1.29, 1.82) is 0 Å². The Morgan fingerprint density at radius 2 is 2.10 bits per heavy atom. The maximum absolute atomic E-state index is 11.4. The fourth-order valence-corrected chi connectivity index (χ4v) is 3.67. The van der Waals surface area contributed by atoms with Crippen LogP contribution in [-0.2, 0) is 4.79 Å². The molecule has 6 heteroatoms. The summed E-state index contributed by atoms with van der Waals surface area (Å²) in [5, 5.41) is 7.12. The third-order valence-electron chi connectivity index (χ3n) is 4.15. The number of hydrogen-bond donors (Lipinski definition) is 3. The first-order valence-electron chi connectivity index (χ1n) is 7.31. The van der Waals surface area contributed by atoms with E-state index in [1.54, 1.807) is 6.07 Å². The van der Waals surface area contributed by atoms with Crippen LogP contribution in [0.5, 0.6) is 5.75 Å². The van der Waals surface area contributed by atoms with Gasteiger partial charge in [0.15, 0.2) is 6.61 Å². The van der Waals surface area contributed by atoms with Crippen LogP contribution in [0.15, 0.2) is 12.1 Å². The third kappa shape index (κ3) is 3.20. The number of thioether (sulfide) groups is 1. The standard InChI is InChI=1S/C15H21N3O2S/c1-21-10-4-2-9(3-5-10)17-12-7-13-14(6-11(12)16)20-8-15(19)18-13/h6-7,9-10,17H,2-5,8,16H2,1H3,(H,18,19). The van der Waals surface area contributed by atoms with Crippen molar-refractivity contribution in [3.05, 3.63) is 12.1 Å². The van der Waals surface area contributed by atoms with Crippen molar-refractivity contribution < 1.29 is 9.53 Å². The molecule has 3 rings (SSSR count). The number of rotatable bonds is 3. The zero-order valence-corrected chi connectivity index (χ0v) is 13.0. The van der Waals surface area contributed by atoms with Gasteiger partial charge in [-0.25, -0.2) is 0 Å². The second-order valence-corrected chi connectivity index (χ2v) is 6.76. The first-order chi connectivity index (χ1) is 10.2. The monoisotopic (exact) mass is 307 g/mol. The first-order valence-corrected chi connectivity index (χ1v) is 8.60. The number of nitrogen functional groups attached to an aromatic ring is 1. The van der Waals surface area contributed by atoms with E-state index >= 15 is 0 Å². The van der Waals surface area contributed by atoms with Crippen molar-refractivity contribution in [2.75, 3.05) is 29.2 Å². The van der Waals surface area contributed by atoms with Crippen LogP contribution in [0.4, 0.5) is 17.1 Å². The molecule has 0 radical (unpaired) electrons. The number of nitrogens with one attached hydrogen (secondary N) is 2. The molecule has 1 heterocycles. The first kappa shape index (κ1) is 14.4. The lowest BCUT2D eigenvalue weighted by Crippen LogP contribution is -2.28. The molecule has 114 valence electrons. The zero-order chi connectivity index (χ0) is 14.8. The zero-order valence-electron chi connectivity index (χ0n) is 12.1. The van der Waals surface area contributed by atoms with Gasteiger partial charge >= 0.3 is 0 Å². The summed E-state index contributed by atoms with van der Waals surface area (Å²) in [5.41, 5.74) is 8.33. The van der Waals surface area contributed by atoms with E-state index in [0.29, 0.717) is 23.2 Å². The highest BCUT2D eigenvalue weighted by molar-refractivity contribution is 7.99. The number of carbonyl (C=O) groups excluding carboxylic acids is 1. The van der Waals surface area contributed by atoms with Gasteiger partial charge in [0.05, 0.1) is 17.1 Å². The SMILES string of the molecule is CSC1CCC(Nc2cc3c(cc2N)OCC(=O)N3)CC1. The van der Waals surface area contributed by atoms with E-state index < -0.39 is 0 Å². The van der Waals surface area contributed by atoms with E-state index in [9.17, 15) is 4.79 Å². The summed E-state index contributed by atoms with van der Waals surface area (Å²) in [6, 6.07) is 4.11. The van der Waals surface area contributed by atoms with Crippen LogP contribution in [0.25, 0.3) is 0 Å². The van der Waals surface area contributed by atoms with Crippen molar-refractivity contribution in [3.8, 4) is 5.75 Å². The maximum Gasteiger partial charge on any atom is 0.262 e. The molecule has 0 spiro atoms. The lowest BCUT2D eigenvalue weighted by molar-refractivity contribution is -0.118. The number of fused-ring (bicyclic) bond motifs is 1. The molecule has 1 amide bonds. The molecule has 0 saturated heterocycles. The van der Waals surface area contributed by atoms with Crippen LogP contribution >= 0.6 is 11.8 Å². The van der Waals surface area contributed by atoms with Crippen LogP contribution in [0.1, 0.15) is 25.7 Å². The molecular weight excluding hydrogens is 286 g/mol. The minimum Gasteiger partial charge on any atom is -0.482 e. The predicted molar refractivity (Wildman–Crippen MR) is 88.2 cm³/mol. The lowest BCUT2D eigenvalue weighted by Gasteiger charge is -2.29. The van der Waals surface area contributed by atoms with Crippen molar-refractivity contribution >= 4 is 34.7 Å². The summed E-state index contributed by atoms with van der Waals surface area (Å²) in [4.78, 5) is 11.4. The van der Waals surface area contributed by atoms with Gasteiger partial charge in [0.1, 0.15) is 5.75 Å². The third-order valence-corrected chi connectivity index (χ3v) is 5.29. The number of anilines is 3. The predicted octanol–water partition coefficient (Wildman–Crippen LogP) is 2.69. The normalized spacial score (nSPS) is 24.7. The highest BCUT2D eigenvalue weighted by atomic mass is 32.2. The van der Waals surface area contributed by atoms with Crippen LogP contribution in [0, 0.1) is 0 Å². The van der Waals surface area contributed by atoms with Gasteiger partial charge in [-0.2, -0.15) is 11.8 Å². The number of carbonyl (C=O) groups is 1. The van der Waals surface area contributed by atoms with Crippen molar-refractivity contribution in [1.82, 2.24) is 0 Å².